The molecule has 2 atom stereocenters. The quantitative estimate of drug-likeness (QED) is 0.456. The molecule has 2 aliphatic rings. The average Bonchev–Trinajstić information content (AvgIpc) is 3.14. The molecule has 0 unspecified atom stereocenters. The number of unbranched alkanes of at least 4 members (excludes halogenated alkanes) is 2. The number of aryl methyl sites for hydroxylation is 2. The zero-order valence-corrected chi connectivity index (χ0v) is 22.6. The second-order valence-corrected chi connectivity index (χ2v) is 11.6. The number of halogens is 1. The van der Waals surface area contributed by atoms with Crippen LogP contribution >= 0.6 is 0 Å². The van der Waals surface area contributed by atoms with Gasteiger partial charge in [-0.15, -0.1) is 0 Å². The largest absolute Gasteiger partial charge is 0.444 e. The minimum atomic E-state index is -1.20. The van der Waals surface area contributed by atoms with E-state index in [0.717, 1.165) is 49.8 Å². The predicted octanol–water partition coefficient (Wildman–Crippen LogP) is 5.46. The van der Waals surface area contributed by atoms with Crippen molar-refractivity contribution in [3.63, 3.8) is 0 Å². The Morgan fingerprint density at radius 1 is 1.00 bits per heavy atom. The number of aromatic nitrogens is 1. The summed E-state index contributed by atoms with van der Waals surface area (Å²) < 4.78 is 31.0. The van der Waals surface area contributed by atoms with E-state index in [4.69, 9.17) is 19.2 Å². The molecule has 0 saturated carbocycles. The molecule has 1 fully saturated rings. The average molecular weight is 508 g/mol. The maximum absolute atomic E-state index is 14.3. The summed E-state index contributed by atoms with van der Waals surface area (Å²) in [6, 6.07) is 4.10. The molecule has 0 spiro atoms. The molecule has 0 bridgehead atoms. The number of rotatable bonds is 7. The minimum Gasteiger partial charge on any atom is -0.444 e. The Bertz CT molecular complexity index is 912. The van der Waals surface area contributed by atoms with Gasteiger partial charge in [0.25, 0.3) is 0 Å². The number of ether oxygens (including phenoxy) is 3. The summed E-state index contributed by atoms with van der Waals surface area (Å²) in [7, 11) is 0. The van der Waals surface area contributed by atoms with Gasteiger partial charge in [-0.2, -0.15) is 0 Å². The molecule has 36 heavy (non-hydrogen) atoms. The lowest BCUT2D eigenvalue weighted by Crippen LogP contribution is -2.40. The number of likely N-dealkylation sites (tertiary alicyclic amines) is 1. The van der Waals surface area contributed by atoms with E-state index in [2.05, 4.69) is 6.07 Å². The van der Waals surface area contributed by atoms with E-state index in [1.54, 1.807) is 25.7 Å². The Labute approximate surface area is 214 Å². The van der Waals surface area contributed by atoms with Gasteiger partial charge in [-0.3, -0.25) is 4.90 Å². The van der Waals surface area contributed by atoms with E-state index in [0.29, 0.717) is 19.0 Å². The van der Waals surface area contributed by atoms with Crippen LogP contribution < -0.4 is 4.90 Å². The van der Waals surface area contributed by atoms with E-state index < -0.39 is 29.6 Å². The lowest BCUT2D eigenvalue weighted by atomic mass is 10.0. The second-order valence-electron chi connectivity index (χ2n) is 11.6. The van der Waals surface area contributed by atoms with Gasteiger partial charge in [-0.05, 0) is 85.3 Å². The Morgan fingerprint density at radius 3 is 2.39 bits per heavy atom. The first-order valence-corrected chi connectivity index (χ1v) is 13.1. The molecular formula is C27H42FN3O5. The number of nitrogens with zero attached hydrogens (tertiary/aromatic N) is 3. The number of anilines is 1. The first-order chi connectivity index (χ1) is 16.8. The monoisotopic (exact) mass is 507 g/mol. The summed E-state index contributed by atoms with van der Waals surface area (Å²) >= 11 is 0. The van der Waals surface area contributed by atoms with Crippen LogP contribution in [0, 0.1) is 0 Å². The molecule has 2 aliphatic heterocycles. The standard InChI is InChI=1S/C27H42FN3O5/c1-26(2,3)35-24(32)30-17-21(28)22(18-30)34-16-9-7-8-12-20-14-13-19-11-10-15-31(23(19)29-20)25(33)36-27(4,5)6/h13-14,21-22H,7-12,15-18H2,1-6H3/t21-,22-/m0/s1. The fourth-order valence-electron chi connectivity index (χ4n) is 4.30. The molecule has 1 aromatic rings. The molecule has 202 valence electrons. The summed E-state index contributed by atoms with van der Waals surface area (Å²) in [5, 5.41) is 0. The number of hydrogen-bond donors (Lipinski definition) is 0. The summed E-state index contributed by atoms with van der Waals surface area (Å²) in [6.07, 6.45) is 2.53. The highest BCUT2D eigenvalue weighted by Crippen LogP contribution is 2.27. The summed E-state index contributed by atoms with van der Waals surface area (Å²) in [5.41, 5.74) is 0.853. The second kappa shape index (κ2) is 11.8. The topological polar surface area (TPSA) is 81.2 Å². The van der Waals surface area contributed by atoms with Crippen molar-refractivity contribution in [1.82, 2.24) is 9.88 Å². The van der Waals surface area contributed by atoms with Crippen LogP contribution in [-0.4, -0.2) is 71.8 Å². The molecule has 0 radical (unpaired) electrons. The normalized spacial score (nSPS) is 20.3. The summed E-state index contributed by atoms with van der Waals surface area (Å²) in [4.78, 5) is 32.6. The first kappa shape index (κ1) is 28.2. The fraction of sp³-hybridized carbons (Fsp3) is 0.741. The third kappa shape index (κ3) is 8.32. The maximum atomic E-state index is 14.3. The maximum Gasteiger partial charge on any atom is 0.416 e. The van der Waals surface area contributed by atoms with E-state index in [9.17, 15) is 14.0 Å². The molecule has 3 heterocycles. The van der Waals surface area contributed by atoms with Crippen LogP contribution in [-0.2, 0) is 27.1 Å². The van der Waals surface area contributed by atoms with Crippen LogP contribution in [0.25, 0.3) is 0 Å². The molecular weight excluding hydrogens is 465 g/mol. The van der Waals surface area contributed by atoms with Crippen molar-refractivity contribution >= 4 is 18.0 Å². The fourth-order valence-corrected chi connectivity index (χ4v) is 4.30. The number of carbonyl (C=O) groups excluding carboxylic acids is 2. The van der Waals surface area contributed by atoms with Gasteiger partial charge < -0.3 is 19.1 Å². The highest BCUT2D eigenvalue weighted by molar-refractivity contribution is 5.88. The lowest BCUT2D eigenvalue weighted by Gasteiger charge is -2.31. The third-order valence-electron chi connectivity index (χ3n) is 5.97. The van der Waals surface area contributed by atoms with Crippen molar-refractivity contribution in [2.24, 2.45) is 0 Å². The molecule has 9 heteroatoms. The Morgan fingerprint density at radius 2 is 1.69 bits per heavy atom. The van der Waals surface area contributed by atoms with Gasteiger partial charge in [-0.1, -0.05) is 12.5 Å². The van der Waals surface area contributed by atoms with Gasteiger partial charge in [0.15, 0.2) is 0 Å². The van der Waals surface area contributed by atoms with Gasteiger partial charge in [0.1, 0.15) is 29.3 Å². The zero-order valence-electron chi connectivity index (χ0n) is 22.6. The molecule has 0 aliphatic carbocycles. The van der Waals surface area contributed by atoms with Gasteiger partial charge >= 0.3 is 12.2 Å². The number of amides is 2. The van der Waals surface area contributed by atoms with Crippen molar-refractivity contribution in [3.8, 4) is 0 Å². The number of alkyl halides is 1. The van der Waals surface area contributed by atoms with Crippen LogP contribution in [0.3, 0.4) is 0 Å². The van der Waals surface area contributed by atoms with Crippen molar-refractivity contribution in [2.45, 2.75) is 104 Å². The van der Waals surface area contributed by atoms with Gasteiger partial charge in [-0.25, -0.2) is 19.0 Å². The number of hydrogen-bond acceptors (Lipinski definition) is 6. The van der Waals surface area contributed by atoms with Crippen LogP contribution in [0.1, 0.15) is 78.5 Å². The van der Waals surface area contributed by atoms with Crippen molar-refractivity contribution in [3.05, 3.63) is 23.4 Å². The van der Waals surface area contributed by atoms with Gasteiger partial charge in [0.05, 0.1) is 13.1 Å². The van der Waals surface area contributed by atoms with Crippen LogP contribution in [0.5, 0.6) is 0 Å². The van der Waals surface area contributed by atoms with Crippen LogP contribution in [0.15, 0.2) is 12.1 Å². The third-order valence-corrected chi connectivity index (χ3v) is 5.97. The minimum absolute atomic E-state index is 0.00386. The zero-order chi connectivity index (χ0) is 26.5. The lowest BCUT2D eigenvalue weighted by molar-refractivity contribution is 0.0133. The Kier molecular flexibility index (Phi) is 9.19. The highest BCUT2D eigenvalue weighted by Gasteiger charge is 2.38. The van der Waals surface area contributed by atoms with Crippen LogP contribution in [0.4, 0.5) is 19.8 Å². The van der Waals surface area contributed by atoms with E-state index >= 15 is 0 Å². The van der Waals surface area contributed by atoms with Crippen molar-refractivity contribution in [1.29, 1.82) is 0 Å². The highest BCUT2D eigenvalue weighted by atomic mass is 19.1. The smallest absolute Gasteiger partial charge is 0.416 e. The molecule has 1 aromatic heterocycles. The SMILES string of the molecule is CC(C)(C)OC(=O)N1C[C@H](OCCCCCc2ccc3c(n2)N(C(=O)OC(C)(C)C)CCC3)[C@@H](F)C1. The summed E-state index contributed by atoms with van der Waals surface area (Å²) in [5.74, 6) is 0.709. The van der Waals surface area contributed by atoms with E-state index in [1.807, 2.05) is 26.8 Å². The van der Waals surface area contributed by atoms with Crippen LogP contribution in [0.2, 0.25) is 0 Å². The van der Waals surface area contributed by atoms with Gasteiger partial charge in [0, 0.05) is 18.8 Å². The molecule has 3 rings (SSSR count). The van der Waals surface area contributed by atoms with Gasteiger partial charge in [0.2, 0.25) is 0 Å². The Balaban J connectivity index is 1.41. The molecule has 2 amide bonds. The van der Waals surface area contributed by atoms with E-state index in [-0.39, 0.29) is 19.2 Å². The van der Waals surface area contributed by atoms with E-state index in [1.165, 1.54) is 4.90 Å². The number of fused-ring (bicyclic) bond motifs is 1. The number of pyridine rings is 1. The first-order valence-electron chi connectivity index (χ1n) is 13.1. The molecule has 0 N–H and O–H groups in total. The predicted molar refractivity (Wildman–Crippen MR) is 136 cm³/mol. The molecule has 0 aromatic carbocycles. The molecule has 8 nitrogen and oxygen atoms in total. The molecule has 1 saturated heterocycles. The Hall–Kier alpha value is -2.42. The number of carbonyl (C=O) groups is 2. The van der Waals surface area contributed by atoms with Crippen molar-refractivity contribution < 1.29 is 28.2 Å². The summed E-state index contributed by atoms with van der Waals surface area (Å²) in [6.45, 7) is 12.2. The van der Waals surface area contributed by atoms with Crippen molar-refractivity contribution in [2.75, 3.05) is 31.1 Å².